The fraction of sp³-hybridized carbons (Fsp3) is 0.500. The van der Waals surface area contributed by atoms with Crippen LogP contribution in [-0.2, 0) is 16.0 Å². The van der Waals surface area contributed by atoms with Crippen molar-refractivity contribution in [3.63, 3.8) is 0 Å². The highest BCUT2D eigenvalue weighted by Gasteiger charge is 2.15. The Hall–Kier alpha value is -1.62. The first-order chi connectivity index (χ1) is 8.96. The van der Waals surface area contributed by atoms with Crippen LogP contribution in [-0.4, -0.2) is 25.2 Å². The summed E-state index contributed by atoms with van der Waals surface area (Å²) in [6.45, 7) is 3.52. The van der Waals surface area contributed by atoms with Crippen LogP contribution < -0.4 is 10.5 Å². The number of benzene rings is 1. The molecule has 0 heterocycles. The molecular weight excluding hydrogens is 249 g/mol. The van der Waals surface area contributed by atoms with Gasteiger partial charge in [0.2, 0.25) is 0 Å². The predicted octanol–water partition coefficient (Wildman–Crippen LogP) is 2.05. The minimum absolute atomic E-state index is 0.0207. The monoisotopic (exact) mass is 269 g/mol. The standard InChI is InChI=1S/C14H20FNO3/c1-4-12(16)6-10-5-11(15)8-13(7-10)19-9(2)14(17)18-3/h5,7-9,12H,4,6,16H2,1-3H3. The summed E-state index contributed by atoms with van der Waals surface area (Å²) in [5.74, 6) is -0.611. The maximum atomic E-state index is 13.5. The summed E-state index contributed by atoms with van der Waals surface area (Å²) in [6.07, 6.45) is 0.599. The Morgan fingerprint density at radius 2 is 2.11 bits per heavy atom. The van der Waals surface area contributed by atoms with Crippen molar-refractivity contribution in [2.75, 3.05) is 7.11 Å². The van der Waals surface area contributed by atoms with E-state index in [1.165, 1.54) is 19.2 Å². The molecule has 0 spiro atoms. The number of halogens is 1. The van der Waals surface area contributed by atoms with Crippen LogP contribution in [0.25, 0.3) is 0 Å². The van der Waals surface area contributed by atoms with Crippen molar-refractivity contribution in [1.82, 2.24) is 0 Å². The van der Waals surface area contributed by atoms with Crippen LogP contribution in [0.4, 0.5) is 4.39 Å². The third kappa shape index (κ3) is 4.87. The number of carbonyl (C=O) groups is 1. The van der Waals surface area contributed by atoms with E-state index in [1.807, 2.05) is 6.92 Å². The molecule has 0 radical (unpaired) electrons. The lowest BCUT2D eigenvalue weighted by atomic mass is 10.0. The van der Waals surface area contributed by atoms with E-state index in [4.69, 9.17) is 10.5 Å². The van der Waals surface area contributed by atoms with E-state index in [1.54, 1.807) is 13.0 Å². The van der Waals surface area contributed by atoms with E-state index < -0.39 is 17.9 Å². The van der Waals surface area contributed by atoms with E-state index >= 15 is 0 Å². The first kappa shape index (κ1) is 15.4. The molecule has 1 aromatic rings. The third-order valence-corrected chi connectivity index (χ3v) is 2.80. The van der Waals surface area contributed by atoms with Crippen molar-refractivity contribution >= 4 is 5.97 Å². The zero-order chi connectivity index (χ0) is 14.4. The molecule has 0 bridgehead atoms. The van der Waals surface area contributed by atoms with Gasteiger partial charge in [0.1, 0.15) is 11.6 Å². The van der Waals surface area contributed by atoms with E-state index in [0.29, 0.717) is 12.2 Å². The predicted molar refractivity (Wildman–Crippen MR) is 70.5 cm³/mol. The molecule has 1 rings (SSSR count). The van der Waals surface area contributed by atoms with Crippen molar-refractivity contribution in [3.8, 4) is 5.75 Å². The van der Waals surface area contributed by atoms with Crippen LogP contribution in [0.15, 0.2) is 18.2 Å². The number of carbonyl (C=O) groups excluding carboxylic acids is 1. The lowest BCUT2D eigenvalue weighted by Gasteiger charge is -2.14. The summed E-state index contributed by atoms with van der Waals surface area (Å²) < 4.78 is 23.4. The fourth-order valence-corrected chi connectivity index (χ4v) is 1.67. The number of nitrogens with two attached hydrogens (primary N) is 1. The van der Waals surface area contributed by atoms with Crippen LogP contribution in [0.1, 0.15) is 25.8 Å². The zero-order valence-corrected chi connectivity index (χ0v) is 11.5. The second-order valence-electron chi connectivity index (χ2n) is 4.45. The zero-order valence-electron chi connectivity index (χ0n) is 11.5. The molecule has 0 saturated carbocycles. The van der Waals surface area contributed by atoms with Gasteiger partial charge in [-0.25, -0.2) is 9.18 Å². The molecule has 19 heavy (non-hydrogen) atoms. The summed E-state index contributed by atoms with van der Waals surface area (Å²) in [4.78, 5) is 11.2. The average Bonchev–Trinajstić information content (AvgIpc) is 2.36. The second-order valence-corrected chi connectivity index (χ2v) is 4.45. The number of rotatable bonds is 6. The summed E-state index contributed by atoms with van der Waals surface area (Å²) in [5.41, 5.74) is 6.59. The Bertz CT molecular complexity index is 437. The van der Waals surface area contributed by atoms with Crippen LogP contribution in [0, 0.1) is 5.82 Å². The highest BCUT2D eigenvalue weighted by atomic mass is 19.1. The molecule has 2 unspecified atom stereocenters. The smallest absolute Gasteiger partial charge is 0.346 e. The summed E-state index contributed by atoms with van der Waals surface area (Å²) in [6, 6.07) is 4.33. The van der Waals surface area contributed by atoms with Gasteiger partial charge in [-0.1, -0.05) is 6.92 Å². The Labute approximate surface area is 112 Å². The molecule has 0 amide bonds. The van der Waals surface area contributed by atoms with Gasteiger partial charge in [-0.2, -0.15) is 0 Å². The molecule has 1 aromatic carbocycles. The minimum Gasteiger partial charge on any atom is -0.479 e. The van der Waals surface area contributed by atoms with Gasteiger partial charge in [0, 0.05) is 12.1 Å². The Morgan fingerprint density at radius 3 is 2.68 bits per heavy atom. The highest BCUT2D eigenvalue weighted by Crippen LogP contribution is 2.19. The summed E-state index contributed by atoms with van der Waals surface area (Å²) in [5, 5.41) is 0. The number of methoxy groups -OCH3 is 1. The Morgan fingerprint density at radius 1 is 1.42 bits per heavy atom. The van der Waals surface area contributed by atoms with E-state index in [0.717, 1.165) is 12.0 Å². The first-order valence-electron chi connectivity index (χ1n) is 6.25. The molecule has 0 aliphatic rings. The van der Waals surface area contributed by atoms with E-state index in [-0.39, 0.29) is 6.04 Å². The van der Waals surface area contributed by atoms with Gasteiger partial charge in [0.25, 0.3) is 0 Å². The Balaban J connectivity index is 2.81. The average molecular weight is 269 g/mol. The van der Waals surface area contributed by atoms with Gasteiger partial charge in [-0.3, -0.25) is 0 Å². The minimum atomic E-state index is -0.778. The fourth-order valence-electron chi connectivity index (χ4n) is 1.67. The molecule has 0 saturated heterocycles. The van der Waals surface area contributed by atoms with Crippen LogP contribution in [0.2, 0.25) is 0 Å². The molecule has 5 heteroatoms. The van der Waals surface area contributed by atoms with Crippen molar-refractivity contribution in [2.45, 2.75) is 38.8 Å². The molecule has 0 aromatic heterocycles. The maximum Gasteiger partial charge on any atom is 0.346 e. The topological polar surface area (TPSA) is 61.5 Å². The number of hydrogen-bond donors (Lipinski definition) is 1. The van der Waals surface area contributed by atoms with E-state index in [2.05, 4.69) is 4.74 Å². The molecule has 2 N–H and O–H groups in total. The molecule has 2 atom stereocenters. The van der Waals surface area contributed by atoms with Crippen molar-refractivity contribution in [1.29, 1.82) is 0 Å². The maximum absolute atomic E-state index is 13.5. The lowest BCUT2D eigenvalue weighted by Crippen LogP contribution is -2.25. The summed E-state index contributed by atoms with van der Waals surface area (Å²) in [7, 11) is 1.28. The van der Waals surface area contributed by atoms with Crippen molar-refractivity contribution < 1.29 is 18.7 Å². The van der Waals surface area contributed by atoms with Gasteiger partial charge in [-0.15, -0.1) is 0 Å². The van der Waals surface area contributed by atoms with Crippen LogP contribution in [0.3, 0.4) is 0 Å². The molecule has 4 nitrogen and oxygen atoms in total. The number of hydrogen-bond acceptors (Lipinski definition) is 4. The first-order valence-corrected chi connectivity index (χ1v) is 6.25. The number of esters is 1. The SMILES string of the molecule is CCC(N)Cc1cc(F)cc(OC(C)C(=O)OC)c1. The van der Waals surface area contributed by atoms with Crippen LogP contribution in [0.5, 0.6) is 5.75 Å². The molecule has 0 fully saturated rings. The molecule has 0 aliphatic heterocycles. The molecule has 106 valence electrons. The quantitative estimate of drug-likeness (QED) is 0.803. The molecular formula is C14H20FNO3. The van der Waals surface area contributed by atoms with Crippen molar-refractivity contribution in [2.24, 2.45) is 5.73 Å². The van der Waals surface area contributed by atoms with Gasteiger partial charge >= 0.3 is 5.97 Å². The summed E-state index contributed by atoms with van der Waals surface area (Å²) >= 11 is 0. The van der Waals surface area contributed by atoms with Gasteiger partial charge in [-0.05, 0) is 37.5 Å². The van der Waals surface area contributed by atoms with Gasteiger partial charge in [0.05, 0.1) is 7.11 Å². The number of ether oxygens (including phenoxy) is 2. The van der Waals surface area contributed by atoms with Crippen molar-refractivity contribution in [3.05, 3.63) is 29.6 Å². The third-order valence-electron chi connectivity index (χ3n) is 2.80. The van der Waals surface area contributed by atoms with E-state index in [9.17, 15) is 9.18 Å². The highest BCUT2D eigenvalue weighted by molar-refractivity contribution is 5.74. The van der Waals surface area contributed by atoms with Crippen LogP contribution >= 0.6 is 0 Å². The van der Waals surface area contributed by atoms with Gasteiger partial charge in [0.15, 0.2) is 6.10 Å². The largest absolute Gasteiger partial charge is 0.479 e. The molecule has 0 aliphatic carbocycles. The Kier molecular flexibility index (Phi) is 5.76. The van der Waals surface area contributed by atoms with Gasteiger partial charge < -0.3 is 15.2 Å². The second kappa shape index (κ2) is 7.09. The lowest BCUT2D eigenvalue weighted by molar-refractivity contribution is -0.147. The normalized spacial score (nSPS) is 13.7.